The Morgan fingerprint density at radius 2 is 1.65 bits per heavy atom. The Bertz CT molecular complexity index is 795. The molecule has 5 nitrogen and oxygen atoms in total. The highest BCUT2D eigenvalue weighted by Gasteiger charge is 2.13. The topological polar surface area (TPSA) is 70.5 Å². The maximum absolute atomic E-state index is 5.60. The molecule has 4 rings (SSSR count). The first-order valence-electron chi connectivity index (χ1n) is 6.36. The third-order valence-electron chi connectivity index (χ3n) is 3.28. The molecule has 0 spiro atoms. The fraction of sp³-hybridized carbons (Fsp3) is 0.133. The second-order valence-electron chi connectivity index (χ2n) is 4.59. The summed E-state index contributed by atoms with van der Waals surface area (Å²) in [4.78, 5) is 4.14. The average Bonchev–Trinajstić information content (AvgIpc) is 2.85. The second-order valence-corrected chi connectivity index (χ2v) is 4.59. The molecule has 0 unspecified atom stereocenters. The number of oxazole rings is 1. The monoisotopic (exact) mass is 268 g/mol. The van der Waals surface area contributed by atoms with Crippen molar-refractivity contribution < 1.29 is 13.9 Å². The minimum absolute atomic E-state index is 0.180. The summed E-state index contributed by atoms with van der Waals surface area (Å²) in [6.45, 7) is 1.17. The molecule has 0 amide bonds. The van der Waals surface area contributed by atoms with Gasteiger partial charge in [-0.05, 0) is 35.4 Å². The van der Waals surface area contributed by atoms with Crippen molar-refractivity contribution in [1.29, 1.82) is 0 Å². The molecule has 3 aromatic rings. The van der Waals surface area contributed by atoms with E-state index < -0.39 is 0 Å². The van der Waals surface area contributed by atoms with Gasteiger partial charge in [-0.15, -0.1) is 0 Å². The molecule has 1 aromatic heterocycles. The summed E-state index contributed by atoms with van der Waals surface area (Å²) in [6.07, 6.45) is 0. The van der Waals surface area contributed by atoms with Gasteiger partial charge in [0.1, 0.15) is 18.7 Å². The van der Waals surface area contributed by atoms with Crippen LogP contribution in [-0.2, 0) is 0 Å². The molecule has 100 valence electrons. The second kappa shape index (κ2) is 4.16. The first kappa shape index (κ1) is 11.2. The summed E-state index contributed by atoms with van der Waals surface area (Å²) >= 11 is 0. The summed E-state index contributed by atoms with van der Waals surface area (Å²) in [5, 5.41) is 0. The predicted octanol–water partition coefficient (Wildman–Crippen LogP) is 2.85. The van der Waals surface area contributed by atoms with Crippen molar-refractivity contribution in [3.05, 3.63) is 36.4 Å². The van der Waals surface area contributed by atoms with Gasteiger partial charge < -0.3 is 19.6 Å². The summed E-state index contributed by atoms with van der Waals surface area (Å²) < 4.78 is 16.4. The first-order chi connectivity index (χ1) is 9.79. The maximum Gasteiger partial charge on any atom is 0.292 e. The zero-order valence-corrected chi connectivity index (χ0v) is 10.6. The summed E-state index contributed by atoms with van der Waals surface area (Å²) in [5.41, 5.74) is 9.06. The quantitative estimate of drug-likeness (QED) is 0.734. The zero-order chi connectivity index (χ0) is 13.5. The Morgan fingerprint density at radius 1 is 0.900 bits per heavy atom. The fourth-order valence-corrected chi connectivity index (χ4v) is 2.35. The van der Waals surface area contributed by atoms with Gasteiger partial charge >= 0.3 is 0 Å². The summed E-state index contributed by atoms with van der Waals surface area (Å²) in [6, 6.07) is 11.9. The molecule has 5 heteroatoms. The molecule has 1 aliphatic rings. The van der Waals surface area contributed by atoms with E-state index in [1.54, 1.807) is 0 Å². The van der Waals surface area contributed by atoms with Crippen LogP contribution in [0.4, 0.5) is 6.01 Å². The SMILES string of the molecule is Nc1nc2cc(-c3ccc4c(c3)OCCO4)ccc2o1. The molecule has 2 N–H and O–H groups in total. The van der Waals surface area contributed by atoms with Crippen LogP contribution in [0, 0.1) is 0 Å². The van der Waals surface area contributed by atoms with Gasteiger partial charge in [0.25, 0.3) is 6.01 Å². The van der Waals surface area contributed by atoms with Crippen molar-refractivity contribution in [3.8, 4) is 22.6 Å². The molecule has 0 fully saturated rings. The number of nitrogen functional groups attached to an aromatic ring is 1. The van der Waals surface area contributed by atoms with Crippen molar-refractivity contribution in [3.63, 3.8) is 0 Å². The molecule has 1 aliphatic heterocycles. The van der Waals surface area contributed by atoms with E-state index in [2.05, 4.69) is 4.98 Å². The molecule has 2 aromatic carbocycles. The van der Waals surface area contributed by atoms with E-state index in [4.69, 9.17) is 19.6 Å². The number of ether oxygens (including phenoxy) is 2. The number of nitrogens with zero attached hydrogens (tertiary/aromatic N) is 1. The van der Waals surface area contributed by atoms with Crippen molar-refractivity contribution in [2.24, 2.45) is 0 Å². The van der Waals surface area contributed by atoms with Crippen LogP contribution in [0.3, 0.4) is 0 Å². The minimum atomic E-state index is 0.180. The Hall–Kier alpha value is -2.69. The van der Waals surface area contributed by atoms with E-state index in [0.717, 1.165) is 28.1 Å². The van der Waals surface area contributed by atoms with E-state index in [0.29, 0.717) is 18.8 Å². The molecule has 0 aliphatic carbocycles. The standard InChI is InChI=1S/C15H12N2O3/c16-15-17-11-7-9(1-3-12(11)20-15)10-2-4-13-14(8-10)19-6-5-18-13/h1-4,7-8H,5-6H2,(H2,16,17). The number of nitrogens with two attached hydrogens (primary N) is 1. The molecule has 0 radical (unpaired) electrons. The van der Waals surface area contributed by atoms with Crippen LogP contribution < -0.4 is 15.2 Å². The van der Waals surface area contributed by atoms with E-state index in [1.165, 1.54) is 0 Å². The number of hydrogen-bond donors (Lipinski definition) is 1. The van der Waals surface area contributed by atoms with Gasteiger partial charge in [-0.3, -0.25) is 0 Å². The molecule has 20 heavy (non-hydrogen) atoms. The Balaban J connectivity index is 1.81. The number of rotatable bonds is 1. The van der Waals surface area contributed by atoms with E-state index in [-0.39, 0.29) is 6.01 Å². The van der Waals surface area contributed by atoms with Gasteiger partial charge in [0.15, 0.2) is 17.1 Å². The lowest BCUT2D eigenvalue weighted by molar-refractivity contribution is 0.171. The van der Waals surface area contributed by atoms with Crippen molar-refractivity contribution >= 4 is 17.1 Å². The molecule has 0 atom stereocenters. The van der Waals surface area contributed by atoms with Gasteiger partial charge in [0, 0.05) is 0 Å². The molecular weight excluding hydrogens is 256 g/mol. The number of fused-ring (bicyclic) bond motifs is 2. The van der Waals surface area contributed by atoms with Gasteiger partial charge in [-0.2, -0.15) is 4.98 Å². The highest BCUT2D eigenvalue weighted by molar-refractivity contribution is 5.81. The number of aromatic nitrogens is 1. The minimum Gasteiger partial charge on any atom is -0.486 e. The van der Waals surface area contributed by atoms with Crippen molar-refractivity contribution in [2.75, 3.05) is 18.9 Å². The number of benzene rings is 2. The lowest BCUT2D eigenvalue weighted by Gasteiger charge is -2.18. The molecule has 2 heterocycles. The number of hydrogen-bond acceptors (Lipinski definition) is 5. The van der Waals surface area contributed by atoms with E-state index in [1.807, 2.05) is 36.4 Å². The average molecular weight is 268 g/mol. The Labute approximate surface area is 114 Å². The molecule has 0 bridgehead atoms. The molecular formula is C15H12N2O3. The van der Waals surface area contributed by atoms with E-state index in [9.17, 15) is 0 Å². The highest BCUT2D eigenvalue weighted by atomic mass is 16.6. The van der Waals surface area contributed by atoms with Crippen LogP contribution in [-0.4, -0.2) is 18.2 Å². The Morgan fingerprint density at radius 3 is 2.55 bits per heavy atom. The normalized spacial score (nSPS) is 13.6. The van der Waals surface area contributed by atoms with Crippen molar-refractivity contribution in [2.45, 2.75) is 0 Å². The lowest BCUT2D eigenvalue weighted by Crippen LogP contribution is -2.15. The molecule has 0 saturated heterocycles. The zero-order valence-electron chi connectivity index (χ0n) is 10.6. The summed E-state index contributed by atoms with van der Waals surface area (Å²) in [5.74, 6) is 1.56. The third kappa shape index (κ3) is 1.75. The van der Waals surface area contributed by atoms with Crippen LogP contribution in [0.15, 0.2) is 40.8 Å². The first-order valence-corrected chi connectivity index (χ1v) is 6.36. The van der Waals surface area contributed by atoms with Gasteiger partial charge in [0.05, 0.1) is 0 Å². The largest absolute Gasteiger partial charge is 0.486 e. The van der Waals surface area contributed by atoms with Crippen LogP contribution in [0.25, 0.3) is 22.2 Å². The third-order valence-corrected chi connectivity index (χ3v) is 3.28. The number of anilines is 1. The maximum atomic E-state index is 5.60. The van der Waals surface area contributed by atoms with Gasteiger partial charge in [-0.1, -0.05) is 12.1 Å². The molecule has 0 saturated carbocycles. The van der Waals surface area contributed by atoms with Gasteiger partial charge in [-0.25, -0.2) is 0 Å². The highest BCUT2D eigenvalue weighted by Crippen LogP contribution is 2.35. The van der Waals surface area contributed by atoms with Crippen LogP contribution in [0.1, 0.15) is 0 Å². The smallest absolute Gasteiger partial charge is 0.292 e. The lowest BCUT2D eigenvalue weighted by atomic mass is 10.0. The van der Waals surface area contributed by atoms with Crippen LogP contribution in [0.5, 0.6) is 11.5 Å². The predicted molar refractivity (Wildman–Crippen MR) is 74.8 cm³/mol. The van der Waals surface area contributed by atoms with Crippen molar-refractivity contribution in [1.82, 2.24) is 4.98 Å². The van der Waals surface area contributed by atoms with Crippen LogP contribution >= 0.6 is 0 Å². The summed E-state index contributed by atoms with van der Waals surface area (Å²) in [7, 11) is 0. The van der Waals surface area contributed by atoms with Gasteiger partial charge in [0.2, 0.25) is 0 Å². The Kier molecular flexibility index (Phi) is 2.32. The van der Waals surface area contributed by atoms with E-state index >= 15 is 0 Å². The fourth-order valence-electron chi connectivity index (χ4n) is 2.35. The van der Waals surface area contributed by atoms with Crippen LogP contribution in [0.2, 0.25) is 0 Å².